The minimum absolute atomic E-state index is 0.250. The molecule has 0 radical (unpaired) electrons. The van der Waals surface area contributed by atoms with Gasteiger partial charge in [-0.2, -0.15) is 0 Å². The van der Waals surface area contributed by atoms with Crippen molar-refractivity contribution in [3.63, 3.8) is 0 Å². The maximum atomic E-state index is 10.6. The van der Waals surface area contributed by atoms with Gasteiger partial charge in [-0.15, -0.1) is 6.58 Å². The van der Waals surface area contributed by atoms with Crippen molar-refractivity contribution >= 4 is 5.78 Å². The summed E-state index contributed by atoms with van der Waals surface area (Å²) >= 11 is 0. The van der Waals surface area contributed by atoms with Crippen LogP contribution in [-0.4, -0.2) is 5.78 Å². The SMILES string of the molecule is C=CCCCC(=C)CCC(C)=O. The summed E-state index contributed by atoms with van der Waals surface area (Å²) in [6, 6.07) is 0. The average Bonchev–Trinajstić information content (AvgIpc) is 2.01. The number of carbonyl (C=O) groups is 1. The predicted molar refractivity (Wildman–Crippen MR) is 53.1 cm³/mol. The van der Waals surface area contributed by atoms with Gasteiger partial charge in [0.25, 0.3) is 0 Å². The fourth-order valence-electron chi connectivity index (χ4n) is 0.974. The molecule has 0 heterocycles. The molecule has 1 heteroatoms. The molecule has 0 saturated carbocycles. The molecule has 0 spiro atoms. The summed E-state index contributed by atoms with van der Waals surface area (Å²) in [5, 5.41) is 0. The second-order valence-corrected chi connectivity index (χ2v) is 3.13. The summed E-state index contributed by atoms with van der Waals surface area (Å²) in [6.07, 6.45) is 6.59. The van der Waals surface area contributed by atoms with Crippen LogP contribution in [0.5, 0.6) is 0 Å². The Labute approximate surface area is 75.2 Å². The second kappa shape index (κ2) is 6.84. The zero-order chi connectivity index (χ0) is 9.40. The van der Waals surface area contributed by atoms with Crippen LogP contribution < -0.4 is 0 Å². The lowest BCUT2D eigenvalue weighted by Crippen LogP contribution is -1.91. The van der Waals surface area contributed by atoms with Crippen LogP contribution in [0.15, 0.2) is 24.8 Å². The Morgan fingerprint density at radius 3 is 2.50 bits per heavy atom. The molecule has 0 aromatic rings. The first-order valence-corrected chi connectivity index (χ1v) is 4.43. The first-order valence-electron chi connectivity index (χ1n) is 4.43. The largest absolute Gasteiger partial charge is 0.300 e. The summed E-state index contributed by atoms with van der Waals surface area (Å²) in [6.45, 7) is 9.18. The molecular formula is C11H18O. The molecule has 0 amide bonds. The molecule has 0 aliphatic carbocycles. The van der Waals surface area contributed by atoms with Gasteiger partial charge in [0.2, 0.25) is 0 Å². The van der Waals surface area contributed by atoms with Crippen LogP contribution in [0.3, 0.4) is 0 Å². The van der Waals surface area contributed by atoms with E-state index < -0.39 is 0 Å². The number of unbranched alkanes of at least 4 members (excludes halogenated alkanes) is 1. The molecule has 0 atom stereocenters. The number of ketones is 1. The molecule has 0 bridgehead atoms. The van der Waals surface area contributed by atoms with Gasteiger partial charge in [0, 0.05) is 6.42 Å². The van der Waals surface area contributed by atoms with Gasteiger partial charge in [0.05, 0.1) is 0 Å². The zero-order valence-corrected chi connectivity index (χ0v) is 7.94. The van der Waals surface area contributed by atoms with Gasteiger partial charge in [0.1, 0.15) is 5.78 Å². The van der Waals surface area contributed by atoms with Gasteiger partial charge in [0.15, 0.2) is 0 Å². The molecule has 68 valence electrons. The van der Waals surface area contributed by atoms with Crippen LogP contribution in [0.4, 0.5) is 0 Å². The van der Waals surface area contributed by atoms with Gasteiger partial charge < -0.3 is 4.79 Å². The molecule has 0 aromatic heterocycles. The van der Waals surface area contributed by atoms with Crippen molar-refractivity contribution in [3.05, 3.63) is 24.8 Å². The Balaban J connectivity index is 3.33. The van der Waals surface area contributed by atoms with Crippen LogP contribution in [0.2, 0.25) is 0 Å². The topological polar surface area (TPSA) is 17.1 Å². The highest BCUT2D eigenvalue weighted by Gasteiger charge is 1.97. The summed E-state index contributed by atoms with van der Waals surface area (Å²) in [4.78, 5) is 10.6. The van der Waals surface area contributed by atoms with Crippen molar-refractivity contribution in [3.8, 4) is 0 Å². The Hall–Kier alpha value is -0.850. The van der Waals surface area contributed by atoms with E-state index in [9.17, 15) is 4.79 Å². The minimum Gasteiger partial charge on any atom is -0.300 e. The standard InChI is InChI=1S/C11H18O/c1-4-5-6-7-10(2)8-9-11(3)12/h4H,1-2,5-9H2,3H3. The van der Waals surface area contributed by atoms with Gasteiger partial charge in [-0.05, 0) is 32.6 Å². The molecule has 12 heavy (non-hydrogen) atoms. The van der Waals surface area contributed by atoms with E-state index in [2.05, 4.69) is 13.2 Å². The fourth-order valence-corrected chi connectivity index (χ4v) is 0.974. The quantitative estimate of drug-likeness (QED) is 0.419. The molecule has 0 aliphatic heterocycles. The van der Waals surface area contributed by atoms with E-state index in [1.807, 2.05) is 6.08 Å². The third-order valence-corrected chi connectivity index (χ3v) is 1.77. The van der Waals surface area contributed by atoms with Crippen LogP contribution >= 0.6 is 0 Å². The van der Waals surface area contributed by atoms with Crippen LogP contribution in [-0.2, 0) is 4.79 Å². The second-order valence-electron chi connectivity index (χ2n) is 3.13. The van der Waals surface area contributed by atoms with E-state index in [0.717, 1.165) is 25.7 Å². The smallest absolute Gasteiger partial charge is 0.130 e. The number of Topliss-reactive ketones (excluding diaryl/α,β-unsaturated/α-hetero) is 1. The summed E-state index contributed by atoms with van der Waals surface area (Å²) in [7, 11) is 0. The van der Waals surface area contributed by atoms with E-state index in [1.54, 1.807) is 6.92 Å². The molecule has 0 rings (SSSR count). The average molecular weight is 166 g/mol. The molecule has 0 unspecified atom stereocenters. The highest BCUT2D eigenvalue weighted by molar-refractivity contribution is 5.75. The van der Waals surface area contributed by atoms with Crippen molar-refractivity contribution < 1.29 is 4.79 Å². The third-order valence-electron chi connectivity index (χ3n) is 1.77. The van der Waals surface area contributed by atoms with Crippen LogP contribution in [0.25, 0.3) is 0 Å². The Morgan fingerprint density at radius 2 is 2.00 bits per heavy atom. The Morgan fingerprint density at radius 1 is 1.33 bits per heavy atom. The normalized spacial score (nSPS) is 9.42. The fraction of sp³-hybridized carbons (Fsp3) is 0.545. The molecular weight excluding hydrogens is 148 g/mol. The van der Waals surface area contributed by atoms with Gasteiger partial charge in [-0.3, -0.25) is 0 Å². The third kappa shape index (κ3) is 7.26. The summed E-state index contributed by atoms with van der Waals surface area (Å²) in [5.41, 5.74) is 1.19. The Bertz CT molecular complexity index is 168. The summed E-state index contributed by atoms with van der Waals surface area (Å²) < 4.78 is 0. The van der Waals surface area contributed by atoms with E-state index in [-0.39, 0.29) is 5.78 Å². The van der Waals surface area contributed by atoms with Crippen molar-refractivity contribution in [2.24, 2.45) is 0 Å². The molecule has 0 fully saturated rings. The first-order chi connectivity index (χ1) is 5.66. The number of rotatable bonds is 7. The van der Waals surface area contributed by atoms with E-state index in [4.69, 9.17) is 0 Å². The molecule has 0 saturated heterocycles. The Kier molecular flexibility index (Phi) is 6.35. The number of carbonyl (C=O) groups excluding carboxylic acids is 1. The first kappa shape index (κ1) is 11.2. The highest BCUT2D eigenvalue weighted by atomic mass is 16.1. The van der Waals surface area contributed by atoms with Crippen molar-refractivity contribution in [2.45, 2.75) is 39.0 Å². The van der Waals surface area contributed by atoms with Gasteiger partial charge >= 0.3 is 0 Å². The summed E-state index contributed by atoms with van der Waals surface area (Å²) in [5.74, 6) is 0.250. The lowest BCUT2D eigenvalue weighted by molar-refractivity contribution is -0.116. The minimum atomic E-state index is 0.250. The molecule has 1 nitrogen and oxygen atoms in total. The van der Waals surface area contributed by atoms with Crippen LogP contribution in [0, 0.1) is 0 Å². The maximum Gasteiger partial charge on any atom is 0.130 e. The lowest BCUT2D eigenvalue weighted by Gasteiger charge is -2.01. The van der Waals surface area contributed by atoms with Crippen molar-refractivity contribution in [1.82, 2.24) is 0 Å². The monoisotopic (exact) mass is 166 g/mol. The van der Waals surface area contributed by atoms with Gasteiger partial charge in [-0.25, -0.2) is 0 Å². The molecule has 0 N–H and O–H groups in total. The van der Waals surface area contributed by atoms with Crippen LogP contribution in [0.1, 0.15) is 39.0 Å². The van der Waals surface area contributed by atoms with E-state index >= 15 is 0 Å². The lowest BCUT2D eigenvalue weighted by atomic mass is 10.0. The number of hydrogen-bond donors (Lipinski definition) is 0. The van der Waals surface area contributed by atoms with Crippen molar-refractivity contribution in [1.29, 1.82) is 0 Å². The zero-order valence-electron chi connectivity index (χ0n) is 7.94. The van der Waals surface area contributed by atoms with E-state index in [0.29, 0.717) is 6.42 Å². The maximum absolute atomic E-state index is 10.6. The van der Waals surface area contributed by atoms with Crippen molar-refractivity contribution in [2.75, 3.05) is 0 Å². The molecule has 0 aromatic carbocycles. The molecule has 0 aliphatic rings. The number of allylic oxidation sites excluding steroid dienone is 2. The van der Waals surface area contributed by atoms with Gasteiger partial charge in [-0.1, -0.05) is 18.2 Å². The predicted octanol–water partition coefficient (Wildman–Crippen LogP) is 3.27. The highest BCUT2D eigenvalue weighted by Crippen LogP contribution is 2.11. The number of hydrogen-bond acceptors (Lipinski definition) is 1. The van der Waals surface area contributed by atoms with E-state index in [1.165, 1.54) is 5.57 Å².